The Morgan fingerprint density at radius 1 is 0.906 bits per heavy atom. The van der Waals surface area contributed by atoms with Gasteiger partial charge < -0.3 is 14.8 Å². The van der Waals surface area contributed by atoms with Crippen molar-refractivity contribution in [2.75, 3.05) is 11.9 Å². The van der Waals surface area contributed by atoms with Gasteiger partial charge in [-0.05, 0) is 86.5 Å². The Bertz CT molecular complexity index is 1090. The van der Waals surface area contributed by atoms with Crippen LogP contribution in [0.15, 0.2) is 60.7 Å². The van der Waals surface area contributed by atoms with Gasteiger partial charge in [0, 0.05) is 16.8 Å². The standard InChI is InChI=1S/C25H24F3NO3/c1-4-31-23-12-6-18(14-19(23)15-32-22-11-5-16(2)17(3)13-22)24(30)29-21-9-7-20(8-10-21)25(26,27)28/h5-14H,4,15H2,1-3H3,(H,29,30). The summed E-state index contributed by atoms with van der Waals surface area (Å²) in [5.41, 5.74) is 2.79. The summed E-state index contributed by atoms with van der Waals surface area (Å²) in [5.74, 6) is 0.859. The first kappa shape index (κ1) is 23.2. The average molecular weight is 443 g/mol. The number of carbonyl (C=O) groups is 1. The molecule has 0 heterocycles. The summed E-state index contributed by atoms with van der Waals surface area (Å²) < 4.78 is 49.7. The van der Waals surface area contributed by atoms with Gasteiger partial charge in [-0.1, -0.05) is 6.07 Å². The predicted octanol–water partition coefficient (Wildman–Crippen LogP) is 6.55. The number of hydrogen-bond acceptors (Lipinski definition) is 3. The van der Waals surface area contributed by atoms with Crippen LogP contribution >= 0.6 is 0 Å². The third-order valence-electron chi connectivity index (χ3n) is 4.97. The molecule has 3 aromatic rings. The summed E-state index contributed by atoms with van der Waals surface area (Å²) in [5, 5.41) is 2.62. The zero-order chi connectivity index (χ0) is 23.3. The minimum Gasteiger partial charge on any atom is -0.493 e. The van der Waals surface area contributed by atoms with Crippen molar-refractivity contribution in [1.29, 1.82) is 0 Å². The Kier molecular flexibility index (Phi) is 7.08. The van der Waals surface area contributed by atoms with Crippen molar-refractivity contribution in [3.8, 4) is 11.5 Å². The van der Waals surface area contributed by atoms with Crippen LogP contribution in [0.2, 0.25) is 0 Å². The second-order valence-electron chi connectivity index (χ2n) is 7.32. The van der Waals surface area contributed by atoms with E-state index in [4.69, 9.17) is 9.47 Å². The Morgan fingerprint density at radius 3 is 2.25 bits per heavy atom. The van der Waals surface area contributed by atoms with E-state index in [0.29, 0.717) is 29.2 Å². The predicted molar refractivity (Wildman–Crippen MR) is 117 cm³/mol. The van der Waals surface area contributed by atoms with E-state index in [1.54, 1.807) is 18.2 Å². The molecule has 0 spiro atoms. The summed E-state index contributed by atoms with van der Waals surface area (Å²) >= 11 is 0. The fourth-order valence-corrected chi connectivity index (χ4v) is 3.04. The van der Waals surface area contributed by atoms with Gasteiger partial charge in [0.05, 0.1) is 12.2 Å². The minimum atomic E-state index is -4.43. The second kappa shape index (κ2) is 9.77. The van der Waals surface area contributed by atoms with E-state index in [9.17, 15) is 18.0 Å². The quantitative estimate of drug-likeness (QED) is 0.450. The first-order valence-corrected chi connectivity index (χ1v) is 10.1. The molecule has 0 bridgehead atoms. The SMILES string of the molecule is CCOc1ccc(C(=O)Nc2ccc(C(F)(F)F)cc2)cc1COc1ccc(C)c(C)c1. The van der Waals surface area contributed by atoms with Crippen LogP contribution in [0.4, 0.5) is 18.9 Å². The first-order valence-electron chi connectivity index (χ1n) is 10.1. The molecular weight excluding hydrogens is 419 g/mol. The van der Waals surface area contributed by atoms with Crippen LogP contribution in [0.3, 0.4) is 0 Å². The van der Waals surface area contributed by atoms with Crippen molar-refractivity contribution in [2.45, 2.75) is 33.6 Å². The van der Waals surface area contributed by atoms with Crippen molar-refractivity contribution < 1.29 is 27.4 Å². The summed E-state index contributed by atoms with van der Waals surface area (Å²) in [7, 11) is 0. The molecular formula is C25H24F3NO3. The third-order valence-corrected chi connectivity index (χ3v) is 4.97. The zero-order valence-corrected chi connectivity index (χ0v) is 18.0. The normalized spacial score (nSPS) is 11.2. The van der Waals surface area contributed by atoms with Crippen LogP contribution in [0, 0.1) is 13.8 Å². The third kappa shape index (κ3) is 5.81. The fraction of sp³-hybridized carbons (Fsp3) is 0.240. The summed E-state index contributed by atoms with van der Waals surface area (Å²) in [4.78, 5) is 12.7. The van der Waals surface area contributed by atoms with Crippen molar-refractivity contribution >= 4 is 11.6 Å². The van der Waals surface area contributed by atoms with Gasteiger partial charge >= 0.3 is 6.18 Å². The van der Waals surface area contributed by atoms with E-state index < -0.39 is 17.6 Å². The summed E-state index contributed by atoms with van der Waals surface area (Å²) in [6.45, 7) is 6.53. The van der Waals surface area contributed by atoms with Crippen LogP contribution in [0.25, 0.3) is 0 Å². The number of halogens is 3. The molecule has 7 heteroatoms. The van der Waals surface area contributed by atoms with E-state index in [-0.39, 0.29) is 12.3 Å². The molecule has 32 heavy (non-hydrogen) atoms. The maximum atomic E-state index is 12.7. The molecule has 0 aliphatic carbocycles. The monoisotopic (exact) mass is 443 g/mol. The van der Waals surface area contributed by atoms with Gasteiger partial charge in [-0.3, -0.25) is 4.79 Å². The molecule has 0 atom stereocenters. The van der Waals surface area contributed by atoms with Crippen LogP contribution in [0.1, 0.15) is 39.5 Å². The van der Waals surface area contributed by atoms with Gasteiger partial charge in [-0.2, -0.15) is 13.2 Å². The number of hydrogen-bond donors (Lipinski definition) is 1. The zero-order valence-electron chi connectivity index (χ0n) is 18.0. The fourth-order valence-electron chi connectivity index (χ4n) is 3.04. The van der Waals surface area contributed by atoms with Crippen LogP contribution in [-0.2, 0) is 12.8 Å². The number of benzene rings is 3. The number of anilines is 1. The van der Waals surface area contributed by atoms with Crippen LogP contribution in [0.5, 0.6) is 11.5 Å². The highest BCUT2D eigenvalue weighted by Crippen LogP contribution is 2.30. The van der Waals surface area contributed by atoms with Crippen molar-refractivity contribution in [3.63, 3.8) is 0 Å². The Morgan fingerprint density at radius 2 is 1.62 bits per heavy atom. The van der Waals surface area contributed by atoms with Gasteiger partial charge in [0.25, 0.3) is 5.91 Å². The van der Waals surface area contributed by atoms with Crippen LogP contribution in [-0.4, -0.2) is 12.5 Å². The number of ether oxygens (including phenoxy) is 2. The molecule has 4 nitrogen and oxygen atoms in total. The van der Waals surface area contributed by atoms with E-state index in [2.05, 4.69) is 5.32 Å². The van der Waals surface area contributed by atoms with Crippen molar-refractivity contribution in [2.24, 2.45) is 0 Å². The largest absolute Gasteiger partial charge is 0.493 e. The summed E-state index contributed by atoms with van der Waals surface area (Å²) in [6.07, 6.45) is -4.43. The molecule has 0 radical (unpaired) electrons. The molecule has 3 aromatic carbocycles. The molecule has 0 aromatic heterocycles. The van der Waals surface area contributed by atoms with E-state index in [1.807, 2.05) is 39.0 Å². The van der Waals surface area contributed by atoms with E-state index >= 15 is 0 Å². The molecule has 0 aliphatic heterocycles. The molecule has 1 amide bonds. The van der Waals surface area contributed by atoms with Gasteiger partial charge in [-0.15, -0.1) is 0 Å². The lowest BCUT2D eigenvalue weighted by Crippen LogP contribution is -2.13. The van der Waals surface area contributed by atoms with Crippen molar-refractivity contribution in [1.82, 2.24) is 0 Å². The molecule has 0 unspecified atom stereocenters. The van der Waals surface area contributed by atoms with Gasteiger partial charge in [-0.25, -0.2) is 0 Å². The molecule has 1 N–H and O–H groups in total. The molecule has 0 fully saturated rings. The molecule has 168 valence electrons. The molecule has 3 rings (SSSR count). The molecule has 0 saturated heterocycles. The first-order chi connectivity index (χ1) is 15.2. The Balaban J connectivity index is 1.76. The van der Waals surface area contributed by atoms with E-state index in [0.717, 1.165) is 23.3 Å². The number of carbonyl (C=O) groups excluding carboxylic acids is 1. The maximum Gasteiger partial charge on any atom is 0.416 e. The maximum absolute atomic E-state index is 12.7. The number of rotatable bonds is 7. The smallest absolute Gasteiger partial charge is 0.416 e. The number of nitrogens with one attached hydrogen (secondary N) is 1. The number of amides is 1. The van der Waals surface area contributed by atoms with Gasteiger partial charge in [0.15, 0.2) is 0 Å². The number of aryl methyl sites for hydroxylation is 2. The Labute approximate surface area is 185 Å². The highest BCUT2D eigenvalue weighted by atomic mass is 19.4. The lowest BCUT2D eigenvalue weighted by Gasteiger charge is -2.14. The number of alkyl halides is 3. The second-order valence-corrected chi connectivity index (χ2v) is 7.32. The lowest BCUT2D eigenvalue weighted by molar-refractivity contribution is -0.137. The van der Waals surface area contributed by atoms with Gasteiger partial charge in [0.2, 0.25) is 0 Å². The summed E-state index contributed by atoms with van der Waals surface area (Å²) in [6, 6.07) is 15.0. The lowest BCUT2D eigenvalue weighted by atomic mass is 10.1. The highest BCUT2D eigenvalue weighted by Gasteiger charge is 2.30. The van der Waals surface area contributed by atoms with Crippen LogP contribution < -0.4 is 14.8 Å². The molecule has 0 saturated carbocycles. The highest BCUT2D eigenvalue weighted by molar-refractivity contribution is 6.04. The Hall–Kier alpha value is -3.48. The topological polar surface area (TPSA) is 47.6 Å². The average Bonchev–Trinajstić information content (AvgIpc) is 2.75. The van der Waals surface area contributed by atoms with Crippen molar-refractivity contribution in [3.05, 3.63) is 88.5 Å². The minimum absolute atomic E-state index is 0.194. The van der Waals surface area contributed by atoms with Gasteiger partial charge in [0.1, 0.15) is 18.1 Å². The van der Waals surface area contributed by atoms with E-state index in [1.165, 1.54) is 12.1 Å². The molecule has 0 aliphatic rings.